The molecule has 1 aliphatic carbocycles. The van der Waals surface area contributed by atoms with E-state index in [1.807, 2.05) is 0 Å². The maximum atomic E-state index is 12.8. The number of carbonyl (C=O) groups excluding carboxylic acids is 1. The van der Waals surface area contributed by atoms with Crippen molar-refractivity contribution in [2.75, 3.05) is 0 Å². The molecule has 4 heteroatoms. The number of hydrogen-bond donors (Lipinski definition) is 1. The Morgan fingerprint density at radius 2 is 1.71 bits per heavy atom. The summed E-state index contributed by atoms with van der Waals surface area (Å²) in [4.78, 5) is 16.3. The van der Waals surface area contributed by atoms with Gasteiger partial charge in [-0.15, -0.1) is 0 Å². The van der Waals surface area contributed by atoms with Crippen molar-refractivity contribution in [1.29, 1.82) is 0 Å². The standard InChI is InChI=1S/C17H12FNO2/c18-12-7-5-11(6-8-12)9-19-10-15-16(20)13-3-1-2-4-14(13)17(15)21/h1-8,10,20H,9H2. The zero-order valence-electron chi connectivity index (χ0n) is 11.1. The smallest absolute Gasteiger partial charge is 0.199 e. The minimum absolute atomic E-state index is 0.0431. The number of Topliss-reactive ketones (excluding diaryl/α,β-unsaturated/α-hetero) is 1. The summed E-state index contributed by atoms with van der Waals surface area (Å²) in [6, 6.07) is 12.9. The molecule has 0 aromatic heterocycles. The largest absolute Gasteiger partial charge is 0.506 e. The molecule has 0 saturated carbocycles. The first-order valence-electron chi connectivity index (χ1n) is 6.48. The van der Waals surface area contributed by atoms with Crippen LogP contribution in [0.3, 0.4) is 0 Å². The third-order valence-electron chi connectivity index (χ3n) is 3.33. The van der Waals surface area contributed by atoms with Crippen LogP contribution in [0, 0.1) is 5.82 Å². The van der Waals surface area contributed by atoms with Crippen molar-refractivity contribution in [1.82, 2.24) is 0 Å². The number of allylic oxidation sites excluding steroid dienone is 1. The lowest BCUT2D eigenvalue weighted by atomic mass is 10.1. The Morgan fingerprint density at radius 3 is 2.38 bits per heavy atom. The van der Waals surface area contributed by atoms with Crippen LogP contribution in [0.25, 0.3) is 5.76 Å². The van der Waals surface area contributed by atoms with Gasteiger partial charge in [0.25, 0.3) is 0 Å². The van der Waals surface area contributed by atoms with E-state index in [2.05, 4.69) is 4.99 Å². The Morgan fingerprint density at radius 1 is 1.05 bits per heavy atom. The van der Waals surface area contributed by atoms with E-state index in [-0.39, 0.29) is 22.9 Å². The molecule has 0 atom stereocenters. The molecule has 1 N–H and O–H groups in total. The molecule has 21 heavy (non-hydrogen) atoms. The maximum absolute atomic E-state index is 12.8. The molecular formula is C17H12FNO2. The lowest BCUT2D eigenvalue weighted by Gasteiger charge is -1.97. The maximum Gasteiger partial charge on any atom is 0.199 e. The average Bonchev–Trinajstić information content (AvgIpc) is 2.75. The lowest BCUT2D eigenvalue weighted by Crippen LogP contribution is -2.00. The van der Waals surface area contributed by atoms with Gasteiger partial charge in [-0.1, -0.05) is 36.4 Å². The van der Waals surface area contributed by atoms with Gasteiger partial charge in [0, 0.05) is 17.3 Å². The fourth-order valence-corrected chi connectivity index (χ4v) is 2.24. The van der Waals surface area contributed by atoms with Crippen LogP contribution in [0.5, 0.6) is 0 Å². The predicted molar refractivity (Wildman–Crippen MR) is 78.9 cm³/mol. The van der Waals surface area contributed by atoms with Crippen LogP contribution in [0.15, 0.2) is 59.1 Å². The number of nitrogens with zero attached hydrogens (tertiary/aromatic N) is 1. The van der Waals surface area contributed by atoms with Crippen LogP contribution >= 0.6 is 0 Å². The highest BCUT2D eigenvalue weighted by molar-refractivity contribution is 6.30. The molecule has 0 unspecified atom stereocenters. The Kier molecular flexibility index (Phi) is 3.36. The number of aliphatic imine (C=N–C) groups is 1. The van der Waals surface area contributed by atoms with Gasteiger partial charge in [-0.25, -0.2) is 4.39 Å². The lowest BCUT2D eigenvalue weighted by molar-refractivity contribution is 0.104. The molecule has 3 rings (SSSR count). The van der Waals surface area contributed by atoms with E-state index >= 15 is 0 Å². The SMILES string of the molecule is O=C1C(C=NCc2ccc(F)cc2)=C(O)c2ccccc21. The highest BCUT2D eigenvalue weighted by Gasteiger charge is 2.27. The van der Waals surface area contributed by atoms with Gasteiger partial charge < -0.3 is 5.11 Å². The molecule has 0 spiro atoms. The van der Waals surface area contributed by atoms with Crippen LogP contribution < -0.4 is 0 Å². The van der Waals surface area contributed by atoms with Crippen LogP contribution in [0.1, 0.15) is 21.5 Å². The number of rotatable bonds is 3. The first-order valence-corrected chi connectivity index (χ1v) is 6.48. The second kappa shape index (κ2) is 5.32. The number of benzene rings is 2. The van der Waals surface area contributed by atoms with Crippen LogP contribution in [0.4, 0.5) is 4.39 Å². The summed E-state index contributed by atoms with van der Waals surface area (Å²) >= 11 is 0. The van der Waals surface area contributed by atoms with E-state index < -0.39 is 0 Å². The van der Waals surface area contributed by atoms with E-state index in [4.69, 9.17) is 0 Å². The molecule has 0 saturated heterocycles. The average molecular weight is 281 g/mol. The number of fused-ring (bicyclic) bond motifs is 1. The Labute approximate surface area is 121 Å². The van der Waals surface area contributed by atoms with Gasteiger partial charge in [0.15, 0.2) is 5.78 Å². The summed E-state index contributed by atoms with van der Waals surface area (Å²) in [6.45, 7) is 0.320. The molecule has 0 aliphatic heterocycles. The zero-order chi connectivity index (χ0) is 14.8. The molecule has 104 valence electrons. The number of halogens is 1. The van der Waals surface area contributed by atoms with E-state index in [1.165, 1.54) is 18.3 Å². The minimum Gasteiger partial charge on any atom is -0.506 e. The van der Waals surface area contributed by atoms with Crippen molar-refractivity contribution in [2.24, 2.45) is 4.99 Å². The fourth-order valence-electron chi connectivity index (χ4n) is 2.24. The van der Waals surface area contributed by atoms with Gasteiger partial charge >= 0.3 is 0 Å². The van der Waals surface area contributed by atoms with E-state index in [1.54, 1.807) is 36.4 Å². The molecule has 0 heterocycles. The summed E-state index contributed by atoms with van der Waals surface area (Å²) in [7, 11) is 0. The van der Waals surface area contributed by atoms with Gasteiger partial charge in [0.2, 0.25) is 0 Å². The second-order valence-corrected chi connectivity index (χ2v) is 4.73. The highest BCUT2D eigenvalue weighted by atomic mass is 19.1. The van der Waals surface area contributed by atoms with Gasteiger partial charge in [-0.3, -0.25) is 9.79 Å². The third kappa shape index (κ3) is 2.48. The normalized spacial score (nSPS) is 14.0. The van der Waals surface area contributed by atoms with E-state index in [0.29, 0.717) is 17.7 Å². The number of aliphatic hydroxyl groups excluding tert-OH is 1. The highest BCUT2D eigenvalue weighted by Crippen LogP contribution is 2.29. The number of carbonyl (C=O) groups is 1. The first kappa shape index (κ1) is 13.2. The molecule has 1 aliphatic rings. The van der Waals surface area contributed by atoms with Crippen LogP contribution in [-0.4, -0.2) is 17.1 Å². The Bertz CT molecular complexity index is 761. The number of hydrogen-bond acceptors (Lipinski definition) is 3. The van der Waals surface area contributed by atoms with E-state index in [0.717, 1.165) is 5.56 Å². The van der Waals surface area contributed by atoms with Crippen molar-refractivity contribution in [3.63, 3.8) is 0 Å². The van der Waals surface area contributed by atoms with E-state index in [9.17, 15) is 14.3 Å². The molecule has 0 radical (unpaired) electrons. The Hall–Kier alpha value is -2.75. The van der Waals surface area contributed by atoms with Gasteiger partial charge in [0.05, 0.1) is 12.1 Å². The molecule has 2 aromatic rings. The first-order chi connectivity index (χ1) is 10.2. The summed E-state index contributed by atoms with van der Waals surface area (Å²) in [5, 5.41) is 10.1. The summed E-state index contributed by atoms with van der Waals surface area (Å²) in [5.74, 6) is -0.575. The molecule has 2 aromatic carbocycles. The molecule has 0 fully saturated rings. The molecule has 0 amide bonds. The fraction of sp³-hybridized carbons (Fsp3) is 0.0588. The minimum atomic E-state index is -0.301. The summed E-state index contributed by atoms with van der Waals surface area (Å²) in [5.41, 5.74) is 2.04. The monoisotopic (exact) mass is 281 g/mol. The van der Waals surface area contributed by atoms with Crippen molar-refractivity contribution in [3.05, 3.63) is 76.6 Å². The van der Waals surface area contributed by atoms with Gasteiger partial charge in [-0.2, -0.15) is 0 Å². The van der Waals surface area contributed by atoms with Crippen LogP contribution in [0.2, 0.25) is 0 Å². The van der Waals surface area contributed by atoms with Crippen molar-refractivity contribution in [2.45, 2.75) is 6.54 Å². The second-order valence-electron chi connectivity index (χ2n) is 4.73. The van der Waals surface area contributed by atoms with Gasteiger partial charge in [-0.05, 0) is 17.7 Å². The molecular weight excluding hydrogens is 269 g/mol. The van der Waals surface area contributed by atoms with Crippen molar-refractivity contribution in [3.8, 4) is 0 Å². The van der Waals surface area contributed by atoms with Crippen LogP contribution in [-0.2, 0) is 6.54 Å². The van der Waals surface area contributed by atoms with Crippen molar-refractivity contribution >= 4 is 17.8 Å². The van der Waals surface area contributed by atoms with Crippen molar-refractivity contribution < 1.29 is 14.3 Å². The molecule has 0 bridgehead atoms. The summed E-state index contributed by atoms with van der Waals surface area (Å²) < 4.78 is 12.8. The molecule has 3 nitrogen and oxygen atoms in total. The summed E-state index contributed by atoms with van der Waals surface area (Å²) in [6.07, 6.45) is 1.38. The number of aliphatic hydroxyl groups is 1. The zero-order valence-corrected chi connectivity index (χ0v) is 11.1. The topological polar surface area (TPSA) is 49.7 Å². The number of ketones is 1. The quantitative estimate of drug-likeness (QED) is 0.874. The van der Waals surface area contributed by atoms with Gasteiger partial charge in [0.1, 0.15) is 11.6 Å². The third-order valence-corrected chi connectivity index (χ3v) is 3.33. The predicted octanol–water partition coefficient (Wildman–Crippen LogP) is 3.56. The Balaban J connectivity index is 1.80.